The van der Waals surface area contributed by atoms with Crippen LogP contribution in [0.2, 0.25) is 0 Å². The highest BCUT2D eigenvalue weighted by atomic mass is 79.9. The van der Waals surface area contributed by atoms with Gasteiger partial charge in [-0.3, -0.25) is 0 Å². The molecule has 2 rings (SSSR count). The first-order valence-corrected chi connectivity index (χ1v) is 6.40. The number of halogens is 1. The maximum atomic E-state index is 5.59. The Labute approximate surface area is 110 Å². The molecule has 0 spiro atoms. The lowest BCUT2D eigenvalue weighted by molar-refractivity contribution is 0.497. The van der Waals surface area contributed by atoms with E-state index in [0.29, 0.717) is 0 Å². The second-order valence-corrected chi connectivity index (χ2v) is 5.06. The van der Waals surface area contributed by atoms with Crippen molar-refractivity contribution in [3.63, 3.8) is 0 Å². The second kappa shape index (κ2) is 5.07. The van der Waals surface area contributed by atoms with Crippen molar-refractivity contribution in [2.75, 3.05) is 7.05 Å². The first-order chi connectivity index (χ1) is 8.11. The van der Waals surface area contributed by atoms with E-state index in [2.05, 4.69) is 51.6 Å². The Bertz CT molecular complexity index is 501. The monoisotopic (exact) mass is 293 g/mol. The van der Waals surface area contributed by atoms with Gasteiger partial charge in [-0.2, -0.15) is 0 Å². The maximum absolute atomic E-state index is 5.59. The van der Waals surface area contributed by atoms with E-state index in [0.717, 1.165) is 16.0 Å². The molecule has 0 aliphatic carbocycles. The quantitative estimate of drug-likeness (QED) is 0.926. The predicted molar refractivity (Wildman–Crippen MR) is 73.2 cm³/mol. The van der Waals surface area contributed by atoms with Gasteiger partial charge in [0.1, 0.15) is 11.5 Å². The lowest BCUT2D eigenvalue weighted by atomic mass is 9.99. The topological polar surface area (TPSA) is 25.2 Å². The van der Waals surface area contributed by atoms with Crippen LogP contribution in [0.1, 0.15) is 28.7 Å². The summed E-state index contributed by atoms with van der Waals surface area (Å²) in [5, 5.41) is 3.33. The number of furan rings is 1. The fourth-order valence-electron chi connectivity index (χ4n) is 2.09. The third-order valence-electron chi connectivity index (χ3n) is 2.88. The molecule has 0 bridgehead atoms. The van der Waals surface area contributed by atoms with Crippen molar-refractivity contribution in [2.24, 2.45) is 0 Å². The van der Waals surface area contributed by atoms with Crippen LogP contribution in [0.5, 0.6) is 0 Å². The molecule has 2 nitrogen and oxygen atoms in total. The smallest absolute Gasteiger partial charge is 0.106 e. The lowest BCUT2D eigenvalue weighted by Gasteiger charge is -2.16. The molecule has 0 aliphatic heterocycles. The Morgan fingerprint density at radius 2 is 1.82 bits per heavy atom. The number of benzene rings is 1. The van der Waals surface area contributed by atoms with E-state index in [9.17, 15) is 0 Å². The van der Waals surface area contributed by atoms with Crippen LogP contribution in [-0.2, 0) is 0 Å². The van der Waals surface area contributed by atoms with Crippen LogP contribution in [0, 0.1) is 13.8 Å². The molecule has 0 radical (unpaired) electrons. The minimum atomic E-state index is 0.181. The highest BCUT2D eigenvalue weighted by molar-refractivity contribution is 9.10. The molecule has 1 heterocycles. The summed E-state index contributed by atoms with van der Waals surface area (Å²) >= 11 is 3.45. The summed E-state index contributed by atoms with van der Waals surface area (Å²) in [6, 6.07) is 10.6. The van der Waals surface area contributed by atoms with Gasteiger partial charge in [0.05, 0.1) is 6.04 Å². The molecule has 3 heteroatoms. The Morgan fingerprint density at radius 1 is 1.18 bits per heavy atom. The Balaban J connectivity index is 2.39. The van der Waals surface area contributed by atoms with Gasteiger partial charge < -0.3 is 9.73 Å². The van der Waals surface area contributed by atoms with Crippen molar-refractivity contribution in [1.29, 1.82) is 0 Å². The second-order valence-electron chi connectivity index (χ2n) is 4.14. The molecule has 2 aromatic rings. The lowest BCUT2D eigenvalue weighted by Crippen LogP contribution is -2.17. The van der Waals surface area contributed by atoms with Gasteiger partial charge >= 0.3 is 0 Å². The van der Waals surface area contributed by atoms with E-state index in [-0.39, 0.29) is 6.04 Å². The Hall–Kier alpha value is -1.06. The summed E-state index contributed by atoms with van der Waals surface area (Å²) in [7, 11) is 1.97. The molecular formula is C14H16BrNO. The van der Waals surface area contributed by atoms with Gasteiger partial charge in [-0.25, -0.2) is 0 Å². The Morgan fingerprint density at radius 3 is 2.29 bits per heavy atom. The predicted octanol–water partition coefficient (Wildman–Crippen LogP) is 3.97. The van der Waals surface area contributed by atoms with Crippen molar-refractivity contribution in [3.05, 3.63) is 57.5 Å². The third-order valence-corrected chi connectivity index (χ3v) is 3.41. The molecule has 1 N–H and O–H groups in total. The fourth-order valence-corrected chi connectivity index (χ4v) is 2.36. The number of hydrogen-bond donors (Lipinski definition) is 1. The van der Waals surface area contributed by atoms with Crippen LogP contribution >= 0.6 is 15.9 Å². The molecule has 1 atom stereocenters. The van der Waals surface area contributed by atoms with Crippen LogP contribution in [0.4, 0.5) is 0 Å². The average Bonchev–Trinajstić information content (AvgIpc) is 2.62. The highest BCUT2D eigenvalue weighted by Crippen LogP contribution is 2.27. The number of aryl methyl sites for hydroxylation is 2. The van der Waals surface area contributed by atoms with E-state index in [1.165, 1.54) is 11.1 Å². The van der Waals surface area contributed by atoms with E-state index < -0.39 is 0 Å². The summed E-state index contributed by atoms with van der Waals surface area (Å²) in [5.41, 5.74) is 2.44. The molecule has 0 amide bonds. The van der Waals surface area contributed by atoms with Gasteiger partial charge in [-0.05, 0) is 44.7 Å². The summed E-state index contributed by atoms with van der Waals surface area (Å²) in [6.07, 6.45) is 0. The van der Waals surface area contributed by atoms with Gasteiger partial charge in [0.15, 0.2) is 0 Å². The van der Waals surface area contributed by atoms with Gasteiger partial charge in [-0.15, -0.1) is 0 Å². The summed E-state index contributed by atoms with van der Waals surface area (Å²) in [6.45, 7) is 3.98. The molecule has 17 heavy (non-hydrogen) atoms. The SMILES string of the molecule is CNC(c1ccc(Br)cc1)c1cc(C)oc1C. The maximum Gasteiger partial charge on any atom is 0.106 e. The third kappa shape index (κ3) is 2.61. The van der Waals surface area contributed by atoms with Crippen molar-refractivity contribution >= 4 is 15.9 Å². The minimum absolute atomic E-state index is 0.181. The molecule has 90 valence electrons. The number of nitrogens with one attached hydrogen (secondary N) is 1. The average molecular weight is 294 g/mol. The van der Waals surface area contributed by atoms with Crippen molar-refractivity contribution in [1.82, 2.24) is 5.32 Å². The number of hydrogen-bond acceptors (Lipinski definition) is 2. The van der Waals surface area contributed by atoms with Gasteiger partial charge in [0.25, 0.3) is 0 Å². The zero-order valence-corrected chi connectivity index (χ0v) is 11.8. The van der Waals surface area contributed by atoms with Crippen molar-refractivity contribution in [2.45, 2.75) is 19.9 Å². The minimum Gasteiger partial charge on any atom is -0.466 e. The molecular weight excluding hydrogens is 278 g/mol. The van der Waals surface area contributed by atoms with Crippen LogP contribution in [-0.4, -0.2) is 7.05 Å². The van der Waals surface area contributed by atoms with Crippen LogP contribution in [0.15, 0.2) is 39.2 Å². The zero-order chi connectivity index (χ0) is 12.4. The Kier molecular flexibility index (Phi) is 3.69. The van der Waals surface area contributed by atoms with E-state index in [1.54, 1.807) is 0 Å². The highest BCUT2D eigenvalue weighted by Gasteiger charge is 2.17. The summed E-state index contributed by atoms with van der Waals surface area (Å²) < 4.78 is 6.69. The van der Waals surface area contributed by atoms with Gasteiger partial charge in [0, 0.05) is 10.0 Å². The summed E-state index contributed by atoms with van der Waals surface area (Å²) in [4.78, 5) is 0. The van der Waals surface area contributed by atoms with Crippen molar-refractivity contribution < 1.29 is 4.42 Å². The van der Waals surface area contributed by atoms with Crippen LogP contribution in [0.25, 0.3) is 0 Å². The number of rotatable bonds is 3. The largest absolute Gasteiger partial charge is 0.466 e. The summed E-state index contributed by atoms with van der Waals surface area (Å²) in [5.74, 6) is 1.93. The van der Waals surface area contributed by atoms with Crippen LogP contribution in [0.3, 0.4) is 0 Å². The molecule has 0 fully saturated rings. The standard InChI is InChI=1S/C14H16BrNO/c1-9-8-13(10(2)17-9)14(16-3)11-4-6-12(15)7-5-11/h4-8,14,16H,1-3H3. The molecule has 0 saturated heterocycles. The molecule has 0 aliphatic rings. The van der Waals surface area contributed by atoms with Crippen molar-refractivity contribution in [3.8, 4) is 0 Å². The molecule has 1 unspecified atom stereocenters. The van der Waals surface area contributed by atoms with Gasteiger partial charge in [0.2, 0.25) is 0 Å². The fraction of sp³-hybridized carbons (Fsp3) is 0.286. The van der Waals surface area contributed by atoms with E-state index in [1.807, 2.05) is 20.9 Å². The first kappa shape index (κ1) is 12.4. The van der Waals surface area contributed by atoms with Gasteiger partial charge in [-0.1, -0.05) is 28.1 Å². The van der Waals surface area contributed by atoms with E-state index >= 15 is 0 Å². The first-order valence-electron chi connectivity index (χ1n) is 5.61. The molecule has 0 saturated carbocycles. The van der Waals surface area contributed by atoms with Crippen LogP contribution < -0.4 is 5.32 Å². The normalized spacial score (nSPS) is 12.7. The zero-order valence-electron chi connectivity index (χ0n) is 10.3. The molecule has 1 aromatic heterocycles. The molecule has 1 aromatic carbocycles. The van der Waals surface area contributed by atoms with E-state index in [4.69, 9.17) is 4.42 Å².